The third-order valence-corrected chi connectivity index (χ3v) is 6.31. The molecule has 0 bridgehead atoms. The first kappa shape index (κ1) is 21.4. The van der Waals surface area contributed by atoms with E-state index in [4.69, 9.17) is 11.6 Å². The Morgan fingerprint density at radius 1 is 1.27 bits per heavy atom. The molecule has 2 aliphatic heterocycles. The molecule has 1 aromatic carbocycles. The maximum absolute atomic E-state index is 13.3. The van der Waals surface area contributed by atoms with Crippen LogP contribution in [0.1, 0.15) is 22.5 Å². The number of nitrogens with one attached hydrogen (secondary N) is 2. The van der Waals surface area contributed by atoms with E-state index in [0.29, 0.717) is 35.7 Å². The maximum atomic E-state index is 13.3. The average Bonchev–Trinajstić information content (AvgIpc) is 3.42. The number of carbonyl (C=O) groups is 3. The van der Waals surface area contributed by atoms with Crippen molar-refractivity contribution in [3.63, 3.8) is 0 Å². The maximum Gasteiger partial charge on any atom is 0.268 e. The summed E-state index contributed by atoms with van der Waals surface area (Å²) < 4.78 is 0. The molecule has 1 saturated heterocycles. The Morgan fingerprint density at radius 3 is 2.88 bits per heavy atom. The van der Waals surface area contributed by atoms with Crippen LogP contribution in [0.5, 0.6) is 0 Å². The first-order chi connectivity index (χ1) is 15.9. The average molecular weight is 468 g/mol. The minimum Gasteiger partial charge on any atom is -0.391 e. The lowest BCUT2D eigenvalue weighted by Gasteiger charge is -2.34. The van der Waals surface area contributed by atoms with Gasteiger partial charge in [-0.3, -0.25) is 14.4 Å². The number of hydrogen-bond donors (Lipinski definition) is 3. The van der Waals surface area contributed by atoms with Crippen molar-refractivity contribution in [2.45, 2.75) is 25.0 Å². The normalized spacial score (nSPS) is 20.2. The summed E-state index contributed by atoms with van der Waals surface area (Å²) in [6.07, 6.45) is 1.85. The molecule has 2 unspecified atom stereocenters. The van der Waals surface area contributed by atoms with Crippen molar-refractivity contribution >= 4 is 45.9 Å². The van der Waals surface area contributed by atoms with Crippen LogP contribution in [-0.4, -0.2) is 69.5 Å². The number of halogens is 1. The summed E-state index contributed by atoms with van der Waals surface area (Å²) in [5.41, 5.74) is 2.47. The van der Waals surface area contributed by atoms with Crippen LogP contribution < -0.4 is 10.2 Å². The predicted octanol–water partition coefficient (Wildman–Crippen LogP) is 1.50. The first-order valence-electron chi connectivity index (χ1n) is 10.7. The van der Waals surface area contributed by atoms with Gasteiger partial charge in [0.05, 0.1) is 17.8 Å². The lowest BCUT2D eigenvalue weighted by Crippen LogP contribution is -2.55. The third-order valence-electron chi connectivity index (χ3n) is 6.10. The van der Waals surface area contributed by atoms with Crippen LogP contribution in [0.15, 0.2) is 42.6 Å². The highest BCUT2D eigenvalue weighted by Gasteiger charge is 2.36. The molecule has 9 nitrogen and oxygen atoms in total. The first-order valence-corrected chi connectivity index (χ1v) is 11.1. The molecule has 1 fully saturated rings. The molecule has 0 spiro atoms. The van der Waals surface area contributed by atoms with Gasteiger partial charge in [0.1, 0.15) is 23.4 Å². The number of hydrogen-bond acceptors (Lipinski definition) is 5. The van der Waals surface area contributed by atoms with Crippen molar-refractivity contribution in [3.05, 3.63) is 59.0 Å². The molecule has 0 radical (unpaired) electrons. The van der Waals surface area contributed by atoms with Crippen LogP contribution in [0.4, 0.5) is 5.69 Å². The number of rotatable bonds is 4. The van der Waals surface area contributed by atoms with E-state index in [9.17, 15) is 19.5 Å². The molecular weight excluding hydrogens is 446 g/mol. The van der Waals surface area contributed by atoms with Crippen molar-refractivity contribution in [3.8, 4) is 0 Å². The van der Waals surface area contributed by atoms with E-state index in [1.807, 2.05) is 18.2 Å². The van der Waals surface area contributed by atoms with Gasteiger partial charge in [0.2, 0.25) is 11.8 Å². The highest BCUT2D eigenvalue weighted by Crippen LogP contribution is 2.28. The molecule has 10 heteroatoms. The number of aliphatic hydroxyl groups excluding tert-OH is 1. The van der Waals surface area contributed by atoms with Crippen LogP contribution >= 0.6 is 11.6 Å². The van der Waals surface area contributed by atoms with Gasteiger partial charge in [-0.25, -0.2) is 4.98 Å². The largest absolute Gasteiger partial charge is 0.391 e. The molecule has 4 heterocycles. The van der Waals surface area contributed by atoms with Crippen LogP contribution in [-0.2, 0) is 16.0 Å². The predicted molar refractivity (Wildman–Crippen MR) is 122 cm³/mol. The molecule has 2 atom stereocenters. The van der Waals surface area contributed by atoms with Gasteiger partial charge in [0.25, 0.3) is 5.91 Å². The minimum atomic E-state index is -0.822. The molecule has 3 amide bonds. The molecular formula is C23H22ClN5O4. The number of carbonyl (C=O) groups excluding carboxylic acids is 3. The summed E-state index contributed by atoms with van der Waals surface area (Å²) in [6, 6.07) is 9.83. The van der Waals surface area contributed by atoms with Crippen molar-refractivity contribution in [1.82, 2.24) is 20.2 Å². The fourth-order valence-corrected chi connectivity index (χ4v) is 4.57. The Bertz CT molecular complexity index is 1260. The number of para-hydroxylation sites is 1. The van der Waals surface area contributed by atoms with Gasteiger partial charge in [-0.1, -0.05) is 29.8 Å². The van der Waals surface area contributed by atoms with E-state index in [0.717, 1.165) is 10.9 Å². The fourth-order valence-electron chi connectivity index (χ4n) is 4.40. The standard InChI is InChI=1S/C23H22ClN5O4/c24-20-9-14-8-16(26-18(14)10-25-20)22(32)27-17-7-13-3-1-2-4-19(13)29(23(17)33)12-21(31)28-6-5-15(30)11-28/h1-4,8-10,15,17,26,30H,5-7,11-12H2,(H,27,32). The molecule has 170 valence electrons. The number of aromatic amines is 1. The molecule has 33 heavy (non-hydrogen) atoms. The zero-order valence-electron chi connectivity index (χ0n) is 17.6. The van der Waals surface area contributed by atoms with Gasteiger partial charge in [-0.05, 0) is 30.2 Å². The van der Waals surface area contributed by atoms with E-state index < -0.39 is 18.1 Å². The molecule has 3 aromatic rings. The summed E-state index contributed by atoms with van der Waals surface area (Å²) in [5.74, 6) is -1.02. The molecule has 0 saturated carbocycles. The van der Waals surface area contributed by atoms with Gasteiger partial charge < -0.3 is 25.2 Å². The lowest BCUT2D eigenvalue weighted by molar-refractivity contribution is -0.131. The molecule has 0 aliphatic carbocycles. The van der Waals surface area contributed by atoms with Crippen molar-refractivity contribution in [2.75, 3.05) is 24.5 Å². The summed E-state index contributed by atoms with van der Waals surface area (Å²) >= 11 is 5.92. The number of H-pyrrole nitrogens is 1. The summed E-state index contributed by atoms with van der Waals surface area (Å²) in [6.45, 7) is 0.580. The van der Waals surface area contributed by atoms with Gasteiger partial charge in [0, 0.05) is 30.6 Å². The van der Waals surface area contributed by atoms with E-state index in [2.05, 4.69) is 15.3 Å². The Morgan fingerprint density at radius 2 is 2.09 bits per heavy atom. The molecule has 2 aliphatic rings. The van der Waals surface area contributed by atoms with E-state index >= 15 is 0 Å². The number of fused-ring (bicyclic) bond motifs is 2. The Labute approximate surface area is 194 Å². The quantitative estimate of drug-likeness (QED) is 0.502. The topological polar surface area (TPSA) is 119 Å². The Kier molecular flexibility index (Phi) is 5.51. The van der Waals surface area contributed by atoms with Gasteiger partial charge in [-0.2, -0.15) is 0 Å². The number of nitrogens with zero attached hydrogens (tertiary/aromatic N) is 3. The SMILES string of the molecule is O=C(NC1Cc2ccccc2N(CC(=O)N2CCC(O)C2)C1=O)c1cc2cc(Cl)ncc2[nH]1. The summed E-state index contributed by atoms with van der Waals surface area (Å²) in [5, 5.41) is 13.6. The van der Waals surface area contributed by atoms with E-state index in [1.54, 1.807) is 29.3 Å². The van der Waals surface area contributed by atoms with Crippen molar-refractivity contribution < 1.29 is 19.5 Å². The van der Waals surface area contributed by atoms with Gasteiger partial charge >= 0.3 is 0 Å². The van der Waals surface area contributed by atoms with Crippen LogP contribution in [0.3, 0.4) is 0 Å². The lowest BCUT2D eigenvalue weighted by atomic mass is 9.96. The van der Waals surface area contributed by atoms with Crippen LogP contribution in [0.2, 0.25) is 5.15 Å². The zero-order chi connectivity index (χ0) is 23.1. The number of amides is 3. The highest BCUT2D eigenvalue weighted by atomic mass is 35.5. The highest BCUT2D eigenvalue weighted by molar-refractivity contribution is 6.30. The monoisotopic (exact) mass is 467 g/mol. The Hall–Kier alpha value is -3.43. The number of benzene rings is 1. The molecule has 3 N–H and O–H groups in total. The van der Waals surface area contributed by atoms with Crippen LogP contribution in [0.25, 0.3) is 10.9 Å². The number of β-amino-alcohol motifs (C(OH)–C–C–N with tert-alkyl or cyclic N) is 1. The summed E-state index contributed by atoms with van der Waals surface area (Å²) in [7, 11) is 0. The van der Waals surface area contributed by atoms with E-state index in [1.165, 1.54) is 4.90 Å². The zero-order valence-corrected chi connectivity index (χ0v) is 18.4. The second kappa shape index (κ2) is 8.49. The second-order valence-electron chi connectivity index (χ2n) is 8.34. The number of likely N-dealkylation sites (tertiary alicyclic amines) is 1. The second-order valence-corrected chi connectivity index (χ2v) is 8.73. The van der Waals surface area contributed by atoms with Crippen LogP contribution in [0, 0.1) is 0 Å². The molecule has 2 aromatic heterocycles. The molecule has 5 rings (SSSR count). The smallest absolute Gasteiger partial charge is 0.268 e. The van der Waals surface area contributed by atoms with E-state index in [-0.39, 0.29) is 30.6 Å². The number of aromatic nitrogens is 2. The summed E-state index contributed by atoms with van der Waals surface area (Å²) in [4.78, 5) is 49.0. The van der Waals surface area contributed by atoms with Crippen molar-refractivity contribution in [1.29, 1.82) is 0 Å². The fraction of sp³-hybridized carbons (Fsp3) is 0.304. The van der Waals surface area contributed by atoms with Gasteiger partial charge in [-0.15, -0.1) is 0 Å². The Balaban J connectivity index is 1.37. The van der Waals surface area contributed by atoms with Gasteiger partial charge in [0.15, 0.2) is 0 Å². The van der Waals surface area contributed by atoms with Crippen molar-refractivity contribution in [2.24, 2.45) is 0 Å². The minimum absolute atomic E-state index is 0.147. The third kappa shape index (κ3) is 4.17. The number of pyridine rings is 1. The number of aliphatic hydroxyl groups is 1. The number of anilines is 1.